The van der Waals surface area contributed by atoms with Crippen LogP contribution >= 0.6 is 0 Å². The zero-order valence-corrected chi connectivity index (χ0v) is 16.2. The smallest absolute Gasteiger partial charge is 0.333 e. The minimum atomic E-state index is -0.768. The van der Waals surface area contributed by atoms with Gasteiger partial charge in [0.25, 0.3) is 11.5 Å². The number of hydrogen-bond donors (Lipinski definition) is 3. The molecule has 0 aliphatic carbocycles. The fraction of sp³-hybridized carbons (Fsp3) is 0.0476. The van der Waals surface area contributed by atoms with Crippen LogP contribution in [0.15, 0.2) is 64.3 Å². The van der Waals surface area contributed by atoms with Crippen LogP contribution in [-0.4, -0.2) is 25.9 Å². The number of H-pyrrole nitrogens is 1. The summed E-state index contributed by atoms with van der Waals surface area (Å²) in [7, 11) is 1.56. The van der Waals surface area contributed by atoms with Gasteiger partial charge in [-0.3, -0.25) is 14.4 Å². The summed E-state index contributed by atoms with van der Waals surface area (Å²) in [4.78, 5) is 52.1. The van der Waals surface area contributed by atoms with Crippen molar-refractivity contribution < 1.29 is 14.0 Å². The summed E-state index contributed by atoms with van der Waals surface area (Å²) < 4.78 is 15.5. The number of aromatic amines is 1. The van der Waals surface area contributed by atoms with Crippen LogP contribution < -0.4 is 22.3 Å². The first kappa shape index (κ1) is 19.8. The van der Waals surface area contributed by atoms with Crippen LogP contribution in [-0.2, 0) is 7.05 Å². The molecule has 0 radical (unpaired) electrons. The van der Waals surface area contributed by atoms with Crippen LogP contribution in [0.5, 0.6) is 0 Å². The lowest BCUT2D eigenvalue weighted by molar-refractivity contribution is 0.0998. The summed E-state index contributed by atoms with van der Waals surface area (Å²) in [6, 6.07) is 10.8. The monoisotopic (exact) mass is 421 g/mol. The van der Waals surface area contributed by atoms with E-state index in [4.69, 9.17) is 5.73 Å². The number of hydrogen-bond acceptors (Lipinski definition) is 4. The number of primary amides is 1. The van der Waals surface area contributed by atoms with Gasteiger partial charge in [0.2, 0.25) is 5.91 Å². The molecule has 156 valence electrons. The van der Waals surface area contributed by atoms with Gasteiger partial charge in [-0.25, -0.2) is 13.8 Å². The molecule has 0 aliphatic rings. The van der Waals surface area contributed by atoms with Crippen LogP contribution in [0, 0.1) is 5.82 Å². The van der Waals surface area contributed by atoms with Gasteiger partial charge in [0, 0.05) is 24.5 Å². The Morgan fingerprint density at radius 3 is 2.29 bits per heavy atom. The number of nitrogens with two attached hydrogens (primary N) is 1. The lowest BCUT2D eigenvalue weighted by Crippen LogP contribution is -2.34. The molecule has 2 heterocycles. The highest BCUT2D eigenvalue weighted by Crippen LogP contribution is 2.18. The maximum absolute atomic E-state index is 13.2. The largest absolute Gasteiger partial charge is 0.366 e. The highest BCUT2D eigenvalue weighted by Gasteiger charge is 2.20. The first-order valence-corrected chi connectivity index (χ1v) is 9.08. The number of carbonyl (C=O) groups is 2. The highest BCUT2D eigenvalue weighted by atomic mass is 19.1. The van der Waals surface area contributed by atoms with Crippen molar-refractivity contribution in [3.8, 4) is 5.69 Å². The van der Waals surface area contributed by atoms with Gasteiger partial charge in [-0.2, -0.15) is 0 Å². The van der Waals surface area contributed by atoms with Crippen molar-refractivity contribution >= 4 is 28.5 Å². The van der Waals surface area contributed by atoms with E-state index in [-0.39, 0.29) is 27.8 Å². The number of aryl methyl sites for hydroxylation is 1. The number of nitrogens with one attached hydrogen (secondary N) is 2. The molecule has 0 saturated carbocycles. The maximum Gasteiger partial charge on any atom is 0.333 e. The summed E-state index contributed by atoms with van der Waals surface area (Å²) >= 11 is 0. The van der Waals surface area contributed by atoms with E-state index in [9.17, 15) is 23.6 Å². The third kappa shape index (κ3) is 3.50. The lowest BCUT2D eigenvalue weighted by Gasteiger charge is -2.07. The van der Waals surface area contributed by atoms with E-state index in [0.717, 1.165) is 16.7 Å². The number of carbonyl (C=O) groups excluding carboxylic acids is 2. The predicted octanol–water partition coefficient (Wildman–Crippen LogP) is 1.51. The Kier molecular flexibility index (Phi) is 4.74. The summed E-state index contributed by atoms with van der Waals surface area (Å²) in [5.41, 5.74) is 4.90. The van der Waals surface area contributed by atoms with Crippen molar-refractivity contribution in [2.45, 2.75) is 0 Å². The molecular formula is C21H16FN5O4. The van der Waals surface area contributed by atoms with Crippen molar-refractivity contribution in [2.75, 3.05) is 5.32 Å². The van der Waals surface area contributed by atoms with E-state index in [2.05, 4.69) is 10.3 Å². The van der Waals surface area contributed by atoms with Gasteiger partial charge in [-0.1, -0.05) is 0 Å². The van der Waals surface area contributed by atoms with Crippen LogP contribution in [0.3, 0.4) is 0 Å². The minimum absolute atomic E-state index is 0.0714. The van der Waals surface area contributed by atoms with E-state index in [1.807, 2.05) is 0 Å². The quantitative estimate of drug-likeness (QED) is 0.461. The number of aromatic nitrogens is 3. The third-order valence-electron chi connectivity index (χ3n) is 4.78. The third-order valence-corrected chi connectivity index (χ3v) is 4.78. The number of rotatable bonds is 4. The Balaban J connectivity index is 1.77. The topological polar surface area (TPSA) is 132 Å². The SMILES string of the molecule is Cn1cc(C(=O)Nc2ccc(C(N)=O)cc2)c2[nH]c(=O)n(-c3ccc(F)cc3)c(=O)c21. The van der Waals surface area contributed by atoms with E-state index in [1.54, 1.807) is 7.05 Å². The van der Waals surface area contributed by atoms with Gasteiger partial charge in [0.1, 0.15) is 11.3 Å². The first-order valence-electron chi connectivity index (χ1n) is 9.08. The molecule has 2 amide bonds. The van der Waals surface area contributed by atoms with Gasteiger partial charge in [-0.15, -0.1) is 0 Å². The average molecular weight is 421 g/mol. The molecule has 0 bridgehead atoms. The second-order valence-electron chi connectivity index (χ2n) is 6.82. The van der Waals surface area contributed by atoms with Crippen LogP contribution in [0.2, 0.25) is 0 Å². The summed E-state index contributed by atoms with van der Waals surface area (Å²) in [6.07, 6.45) is 1.42. The zero-order chi connectivity index (χ0) is 22.3. The van der Waals surface area contributed by atoms with Crippen molar-refractivity contribution in [1.29, 1.82) is 0 Å². The van der Waals surface area contributed by atoms with E-state index < -0.39 is 28.9 Å². The van der Waals surface area contributed by atoms with Crippen LogP contribution in [0.4, 0.5) is 10.1 Å². The van der Waals surface area contributed by atoms with Gasteiger partial charge >= 0.3 is 5.69 Å². The van der Waals surface area contributed by atoms with Gasteiger partial charge < -0.3 is 20.6 Å². The van der Waals surface area contributed by atoms with Gasteiger partial charge in [0.15, 0.2) is 0 Å². The van der Waals surface area contributed by atoms with Crippen molar-refractivity contribution in [1.82, 2.24) is 14.1 Å². The molecule has 9 nitrogen and oxygen atoms in total. The average Bonchev–Trinajstić information content (AvgIpc) is 3.06. The summed E-state index contributed by atoms with van der Waals surface area (Å²) in [5.74, 6) is -1.66. The molecule has 0 saturated heterocycles. The second kappa shape index (κ2) is 7.41. The van der Waals surface area contributed by atoms with E-state index in [1.165, 1.54) is 47.2 Å². The molecule has 4 rings (SSSR count). The fourth-order valence-electron chi connectivity index (χ4n) is 3.29. The normalized spacial score (nSPS) is 10.9. The number of nitrogens with zero attached hydrogens (tertiary/aromatic N) is 2. The maximum atomic E-state index is 13.2. The Hall–Kier alpha value is -4.47. The molecular weight excluding hydrogens is 405 g/mol. The zero-order valence-electron chi connectivity index (χ0n) is 16.2. The number of halogens is 1. The highest BCUT2D eigenvalue weighted by molar-refractivity contribution is 6.11. The van der Waals surface area contributed by atoms with Crippen LogP contribution in [0.1, 0.15) is 20.7 Å². The minimum Gasteiger partial charge on any atom is -0.366 e. The summed E-state index contributed by atoms with van der Waals surface area (Å²) in [5, 5.41) is 2.64. The van der Waals surface area contributed by atoms with Crippen molar-refractivity contribution in [3.05, 3.63) is 92.5 Å². The molecule has 10 heteroatoms. The fourth-order valence-corrected chi connectivity index (χ4v) is 3.29. The Labute approximate surface area is 173 Å². The Bertz CT molecular complexity index is 1450. The molecule has 0 aliphatic heterocycles. The molecule has 0 unspecified atom stereocenters. The molecule has 0 spiro atoms. The van der Waals surface area contributed by atoms with Gasteiger partial charge in [-0.05, 0) is 48.5 Å². The first-order chi connectivity index (χ1) is 14.8. The number of fused-ring (bicyclic) bond motifs is 1. The molecule has 0 atom stereocenters. The molecule has 4 aromatic rings. The molecule has 2 aromatic carbocycles. The number of benzene rings is 2. The summed E-state index contributed by atoms with van der Waals surface area (Å²) in [6.45, 7) is 0. The Morgan fingerprint density at radius 2 is 1.68 bits per heavy atom. The number of amides is 2. The standard InChI is InChI=1S/C21H16FN5O4/c1-26-10-15(19(29)24-13-6-2-11(3-7-13)18(23)28)16-17(26)20(30)27(21(31)25-16)14-8-4-12(22)5-9-14/h2-10H,1H3,(H2,23,28)(H,24,29)(H,25,31). The Morgan fingerprint density at radius 1 is 1.03 bits per heavy atom. The molecule has 0 fully saturated rings. The van der Waals surface area contributed by atoms with Crippen molar-refractivity contribution in [3.63, 3.8) is 0 Å². The van der Waals surface area contributed by atoms with Gasteiger partial charge in [0.05, 0.1) is 16.8 Å². The van der Waals surface area contributed by atoms with Crippen LogP contribution in [0.25, 0.3) is 16.7 Å². The lowest BCUT2D eigenvalue weighted by atomic mass is 10.2. The number of anilines is 1. The molecule has 2 aromatic heterocycles. The molecule has 4 N–H and O–H groups in total. The van der Waals surface area contributed by atoms with E-state index in [0.29, 0.717) is 5.69 Å². The second-order valence-corrected chi connectivity index (χ2v) is 6.82. The predicted molar refractivity (Wildman–Crippen MR) is 112 cm³/mol. The van der Waals surface area contributed by atoms with Crippen molar-refractivity contribution in [2.24, 2.45) is 12.8 Å². The molecule has 31 heavy (non-hydrogen) atoms. The van der Waals surface area contributed by atoms with E-state index >= 15 is 0 Å².